The summed E-state index contributed by atoms with van der Waals surface area (Å²) in [5, 5.41) is 9.34. The molecule has 1 aliphatic rings. The summed E-state index contributed by atoms with van der Waals surface area (Å²) < 4.78 is 0. The zero-order chi connectivity index (χ0) is 15.7. The van der Waals surface area contributed by atoms with E-state index in [0.29, 0.717) is 5.56 Å². The number of hydrogen-bond donors (Lipinski definition) is 1. The highest BCUT2D eigenvalue weighted by atomic mass is 16.4. The van der Waals surface area contributed by atoms with Crippen molar-refractivity contribution in [2.75, 3.05) is 18.0 Å². The maximum atomic E-state index is 11.4. The van der Waals surface area contributed by atoms with Crippen LogP contribution in [0.4, 0.5) is 5.95 Å². The summed E-state index contributed by atoms with van der Waals surface area (Å²) in [5.41, 5.74) is 3.21. The van der Waals surface area contributed by atoms with Gasteiger partial charge < -0.3 is 10.0 Å². The van der Waals surface area contributed by atoms with E-state index < -0.39 is 5.97 Å². The molecule has 5 heteroatoms. The molecule has 1 fully saturated rings. The standard InChI is InChI=1S/C17H19N3O2/c1-11-9-12(2)19-17(18-11)20-8-7-13(10-20)14-5-3-4-6-15(14)16(21)22/h3-6,9,13H,7-8,10H2,1-2H3,(H,21,22)/t13-/m0/s1. The average Bonchev–Trinajstić information content (AvgIpc) is 2.96. The molecule has 2 aromatic rings. The topological polar surface area (TPSA) is 66.3 Å². The van der Waals surface area contributed by atoms with Crippen molar-refractivity contribution in [1.29, 1.82) is 0 Å². The first kappa shape index (κ1) is 14.5. The Morgan fingerprint density at radius 3 is 2.59 bits per heavy atom. The fourth-order valence-corrected chi connectivity index (χ4v) is 3.09. The van der Waals surface area contributed by atoms with E-state index in [-0.39, 0.29) is 5.92 Å². The third-order valence-electron chi connectivity index (χ3n) is 4.07. The van der Waals surface area contributed by atoms with Crippen LogP contribution in [-0.4, -0.2) is 34.1 Å². The molecular formula is C17H19N3O2. The highest BCUT2D eigenvalue weighted by Crippen LogP contribution is 2.31. The maximum absolute atomic E-state index is 11.4. The molecule has 5 nitrogen and oxygen atoms in total. The van der Waals surface area contributed by atoms with E-state index in [9.17, 15) is 9.90 Å². The number of carbonyl (C=O) groups is 1. The molecule has 0 saturated carbocycles. The molecule has 1 aliphatic heterocycles. The van der Waals surface area contributed by atoms with E-state index >= 15 is 0 Å². The van der Waals surface area contributed by atoms with Gasteiger partial charge in [0.15, 0.2) is 0 Å². The minimum absolute atomic E-state index is 0.205. The number of aromatic nitrogens is 2. The molecule has 22 heavy (non-hydrogen) atoms. The van der Waals surface area contributed by atoms with Gasteiger partial charge in [-0.3, -0.25) is 0 Å². The van der Waals surface area contributed by atoms with Gasteiger partial charge in [0.05, 0.1) is 5.56 Å². The largest absolute Gasteiger partial charge is 0.478 e. The summed E-state index contributed by atoms with van der Waals surface area (Å²) >= 11 is 0. The quantitative estimate of drug-likeness (QED) is 0.943. The average molecular weight is 297 g/mol. The molecule has 0 aliphatic carbocycles. The van der Waals surface area contributed by atoms with Gasteiger partial charge in [-0.2, -0.15) is 0 Å². The van der Waals surface area contributed by atoms with Crippen molar-refractivity contribution in [2.45, 2.75) is 26.2 Å². The highest BCUT2D eigenvalue weighted by molar-refractivity contribution is 5.89. The first-order chi connectivity index (χ1) is 10.5. The fraction of sp³-hybridized carbons (Fsp3) is 0.353. The minimum atomic E-state index is -0.864. The van der Waals surface area contributed by atoms with Crippen molar-refractivity contribution in [2.24, 2.45) is 0 Å². The third-order valence-corrected chi connectivity index (χ3v) is 4.07. The van der Waals surface area contributed by atoms with Crippen LogP contribution in [0.2, 0.25) is 0 Å². The van der Waals surface area contributed by atoms with E-state index in [2.05, 4.69) is 14.9 Å². The molecule has 1 atom stereocenters. The van der Waals surface area contributed by atoms with Gasteiger partial charge in [0, 0.05) is 30.4 Å². The van der Waals surface area contributed by atoms with Crippen molar-refractivity contribution in [3.05, 3.63) is 52.8 Å². The maximum Gasteiger partial charge on any atom is 0.335 e. The van der Waals surface area contributed by atoms with Crippen molar-refractivity contribution < 1.29 is 9.90 Å². The number of aryl methyl sites for hydroxylation is 2. The fourth-order valence-electron chi connectivity index (χ4n) is 3.09. The van der Waals surface area contributed by atoms with Gasteiger partial charge in [0.2, 0.25) is 5.95 Å². The minimum Gasteiger partial charge on any atom is -0.478 e. The predicted molar refractivity (Wildman–Crippen MR) is 84.5 cm³/mol. The number of benzene rings is 1. The predicted octanol–water partition coefficient (Wildman–Crippen LogP) is 2.79. The molecule has 1 N–H and O–H groups in total. The molecule has 0 radical (unpaired) electrons. The van der Waals surface area contributed by atoms with Crippen molar-refractivity contribution in [3.63, 3.8) is 0 Å². The highest BCUT2D eigenvalue weighted by Gasteiger charge is 2.28. The molecule has 1 aromatic heterocycles. The Morgan fingerprint density at radius 2 is 1.91 bits per heavy atom. The summed E-state index contributed by atoms with van der Waals surface area (Å²) in [6.07, 6.45) is 0.917. The number of aromatic carboxylic acids is 1. The first-order valence-corrected chi connectivity index (χ1v) is 7.44. The van der Waals surface area contributed by atoms with Gasteiger partial charge in [-0.25, -0.2) is 14.8 Å². The summed E-state index contributed by atoms with van der Waals surface area (Å²) in [6, 6.07) is 9.22. The summed E-state index contributed by atoms with van der Waals surface area (Å²) in [5.74, 6) is 0.0845. The van der Waals surface area contributed by atoms with Crippen molar-refractivity contribution >= 4 is 11.9 Å². The summed E-state index contributed by atoms with van der Waals surface area (Å²) in [6.45, 7) is 5.53. The van der Waals surface area contributed by atoms with Crippen LogP contribution in [-0.2, 0) is 0 Å². The molecule has 1 aromatic carbocycles. The number of hydrogen-bond acceptors (Lipinski definition) is 4. The van der Waals surface area contributed by atoms with Crippen LogP contribution in [0.3, 0.4) is 0 Å². The van der Waals surface area contributed by atoms with Gasteiger partial charge in [-0.05, 0) is 38.0 Å². The Morgan fingerprint density at radius 1 is 1.23 bits per heavy atom. The van der Waals surface area contributed by atoms with Crippen molar-refractivity contribution in [1.82, 2.24) is 9.97 Å². The van der Waals surface area contributed by atoms with Crippen LogP contribution in [0, 0.1) is 13.8 Å². The monoisotopic (exact) mass is 297 g/mol. The van der Waals surface area contributed by atoms with Gasteiger partial charge in [0.1, 0.15) is 0 Å². The lowest BCUT2D eigenvalue weighted by atomic mass is 9.93. The molecule has 2 heterocycles. The zero-order valence-electron chi connectivity index (χ0n) is 12.8. The molecular weight excluding hydrogens is 278 g/mol. The number of anilines is 1. The second-order valence-electron chi connectivity index (χ2n) is 5.77. The van der Waals surface area contributed by atoms with Crippen LogP contribution in [0.15, 0.2) is 30.3 Å². The van der Waals surface area contributed by atoms with Crippen LogP contribution >= 0.6 is 0 Å². The van der Waals surface area contributed by atoms with E-state index in [4.69, 9.17) is 0 Å². The molecule has 0 spiro atoms. The lowest BCUT2D eigenvalue weighted by molar-refractivity contribution is 0.0695. The number of rotatable bonds is 3. The van der Waals surface area contributed by atoms with E-state index in [1.54, 1.807) is 12.1 Å². The second kappa shape index (κ2) is 5.75. The zero-order valence-corrected chi connectivity index (χ0v) is 12.8. The van der Waals surface area contributed by atoms with Gasteiger partial charge in [-0.1, -0.05) is 18.2 Å². The number of carboxylic acid groups (broad SMARTS) is 1. The summed E-state index contributed by atoms with van der Waals surface area (Å²) in [4.78, 5) is 22.5. The Kier molecular flexibility index (Phi) is 3.79. The van der Waals surface area contributed by atoms with Crippen LogP contribution in [0.5, 0.6) is 0 Å². The normalized spacial score (nSPS) is 17.7. The Bertz CT molecular complexity index is 695. The molecule has 1 saturated heterocycles. The van der Waals surface area contributed by atoms with Crippen LogP contribution in [0.25, 0.3) is 0 Å². The molecule has 0 unspecified atom stereocenters. The second-order valence-corrected chi connectivity index (χ2v) is 5.77. The van der Waals surface area contributed by atoms with Crippen LogP contribution in [0.1, 0.15) is 39.6 Å². The van der Waals surface area contributed by atoms with E-state index in [0.717, 1.165) is 42.4 Å². The van der Waals surface area contributed by atoms with Gasteiger partial charge in [-0.15, -0.1) is 0 Å². The summed E-state index contributed by atoms with van der Waals surface area (Å²) in [7, 11) is 0. The Labute approximate surface area is 129 Å². The lowest BCUT2D eigenvalue weighted by Gasteiger charge is -2.18. The molecule has 3 rings (SSSR count). The Balaban J connectivity index is 1.85. The van der Waals surface area contributed by atoms with Crippen LogP contribution < -0.4 is 4.90 Å². The smallest absolute Gasteiger partial charge is 0.335 e. The lowest BCUT2D eigenvalue weighted by Crippen LogP contribution is -2.22. The molecule has 0 amide bonds. The van der Waals surface area contributed by atoms with Gasteiger partial charge >= 0.3 is 5.97 Å². The van der Waals surface area contributed by atoms with Gasteiger partial charge in [0.25, 0.3) is 0 Å². The molecule has 114 valence electrons. The number of carboxylic acids is 1. The number of nitrogens with zero attached hydrogens (tertiary/aromatic N) is 3. The SMILES string of the molecule is Cc1cc(C)nc(N2CC[C@H](c3ccccc3C(=O)O)C2)n1. The third kappa shape index (κ3) is 2.79. The van der Waals surface area contributed by atoms with Crippen molar-refractivity contribution in [3.8, 4) is 0 Å². The van der Waals surface area contributed by atoms with E-state index in [1.165, 1.54) is 0 Å². The molecule has 0 bridgehead atoms. The first-order valence-electron chi connectivity index (χ1n) is 7.44. The van der Waals surface area contributed by atoms with E-state index in [1.807, 2.05) is 32.0 Å². The Hall–Kier alpha value is -2.43.